The number of amides is 1. The third-order valence-electron chi connectivity index (χ3n) is 6.11. The first-order valence-electron chi connectivity index (χ1n) is 11.5. The molecule has 0 atom stereocenters. The highest BCUT2D eigenvalue weighted by molar-refractivity contribution is 5.95. The van der Waals surface area contributed by atoms with Gasteiger partial charge in [-0.15, -0.1) is 0 Å². The van der Waals surface area contributed by atoms with Crippen molar-refractivity contribution in [2.24, 2.45) is 0 Å². The highest BCUT2D eigenvalue weighted by Gasteiger charge is 2.12. The highest BCUT2D eigenvalue weighted by atomic mass is 16.5. The molecule has 33 heavy (non-hydrogen) atoms. The van der Waals surface area contributed by atoms with Crippen LogP contribution in [-0.2, 0) is 13.0 Å². The van der Waals surface area contributed by atoms with Crippen LogP contribution in [0.15, 0.2) is 66.7 Å². The van der Waals surface area contributed by atoms with E-state index in [0.717, 1.165) is 53.1 Å². The lowest BCUT2D eigenvalue weighted by atomic mass is 10.1. The van der Waals surface area contributed by atoms with Gasteiger partial charge in [0.1, 0.15) is 18.2 Å². The highest BCUT2D eigenvalue weighted by Crippen LogP contribution is 2.21. The molecule has 170 valence electrons. The van der Waals surface area contributed by atoms with Crippen LogP contribution < -0.4 is 10.1 Å². The van der Waals surface area contributed by atoms with Crippen LogP contribution in [0.4, 0.5) is 0 Å². The molecule has 1 heterocycles. The van der Waals surface area contributed by atoms with Gasteiger partial charge in [-0.05, 0) is 68.1 Å². The molecule has 4 aromatic rings. The van der Waals surface area contributed by atoms with E-state index < -0.39 is 0 Å². The summed E-state index contributed by atoms with van der Waals surface area (Å²) < 4.78 is 8.35. The number of carbonyl (C=O) groups excluding carboxylic acids is 1. The average Bonchev–Trinajstić information content (AvgIpc) is 3.17. The van der Waals surface area contributed by atoms with Crippen molar-refractivity contribution in [3.8, 4) is 5.75 Å². The van der Waals surface area contributed by atoms with E-state index in [1.54, 1.807) is 0 Å². The van der Waals surface area contributed by atoms with Crippen LogP contribution >= 0.6 is 0 Å². The number of hydrogen-bond donors (Lipinski definition) is 1. The second kappa shape index (κ2) is 10.3. The van der Waals surface area contributed by atoms with Crippen molar-refractivity contribution in [3.63, 3.8) is 0 Å². The van der Waals surface area contributed by atoms with Gasteiger partial charge in [0.15, 0.2) is 0 Å². The molecule has 0 bridgehead atoms. The van der Waals surface area contributed by atoms with Gasteiger partial charge in [0.05, 0.1) is 17.6 Å². The van der Waals surface area contributed by atoms with Crippen molar-refractivity contribution in [1.29, 1.82) is 0 Å². The van der Waals surface area contributed by atoms with E-state index in [0.29, 0.717) is 13.2 Å². The fourth-order valence-electron chi connectivity index (χ4n) is 4.06. The van der Waals surface area contributed by atoms with Crippen molar-refractivity contribution >= 4 is 16.9 Å². The molecule has 5 nitrogen and oxygen atoms in total. The molecule has 0 aliphatic carbocycles. The minimum atomic E-state index is -0.0245. The Morgan fingerprint density at radius 3 is 2.55 bits per heavy atom. The van der Waals surface area contributed by atoms with Gasteiger partial charge < -0.3 is 14.6 Å². The lowest BCUT2D eigenvalue weighted by Gasteiger charge is -2.13. The van der Waals surface area contributed by atoms with Gasteiger partial charge in [0.2, 0.25) is 0 Å². The molecular formula is C28H31N3O2. The Kier molecular flexibility index (Phi) is 7.08. The molecule has 5 heteroatoms. The number of fused-ring (bicyclic) bond motifs is 1. The van der Waals surface area contributed by atoms with E-state index in [-0.39, 0.29) is 5.91 Å². The molecule has 0 saturated heterocycles. The van der Waals surface area contributed by atoms with E-state index in [2.05, 4.69) is 35.9 Å². The zero-order valence-electron chi connectivity index (χ0n) is 19.6. The number of ether oxygens (including phenoxy) is 1. The van der Waals surface area contributed by atoms with Crippen LogP contribution in [0.2, 0.25) is 0 Å². The number of aromatic nitrogens is 2. The van der Waals surface area contributed by atoms with Gasteiger partial charge in [0, 0.05) is 18.5 Å². The number of rotatable bonds is 9. The number of hydrogen-bond acceptors (Lipinski definition) is 3. The van der Waals surface area contributed by atoms with Crippen LogP contribution in [-0.4, -0.2) is 28.6 Å². The first kappa shape index (κ1) is 22.6. The standard InChI is InChI=1S/C28H31N3O2/c1-20-11-8-15-26(22(20)3)33-19-18-31-25-14-7-6-13-24(25)30-27(31)16-9-17-29-28(32)23-12-5-4-10-21(23)2/h4-8,10-15H,9,16-19H2,1-3H3,(H,29,32). The Morgan fingerprint density at radius 1 is 0.939 bits per heavy atom. The average molecular weight is 442 g/mol. The van der Waals surface area contributed by atoms with Crippen molar-refractivity contribution in [1.82, 2.24) is 14.9 Å². The summed E-state index contributed by atoms with van der Waals surface area (Å²) in [6, 6.07) is 22.0. The number of imidazole rings is 1. The van der Waals surface area contributed by atoms with E-state index in [1.807, 2.05) is 61.5 Å². The maximum atomic E-state index is 12.5. The number of aryl methyl sites for hydroxylation is 3. The normalized spacial score (nSPS) is 11.0. The van der Waals surface area contributed by atoms with Crippen LogP contribution in [0.5, 0.6) is 5.75 Å². The molecule has 4 rings (SSSR count). The maximum absolute atomic E-state index is 12.5. The molecule has 0 fully saturated rings. The summed E-state index contributed by atoms with van der Waals surface area (Å²) in [5, 5.41) is 3.04. The van der Waals surface area contributed by atoms with Crippen molar-refractivity contribution in [2.45, 2.75) is 40.2 Å². The summed E-state index contributed by atoms with van der Waals surface area (Å²) in [7, 11) is 0. The second-order valence-corrected chi connectivity index (χ2v) is 8.39. The third-order valence-corrected chi connectivity index (χ3v) is 6.11. The molecule has 0 aliphatic rings. The van der Waals surface area contributed by atoms with Gasteiger partial charge in [-0.3, -0.25) is 4.79 Å². The minimum absolute atomic E-state index is 0.0245. The van der Waals surface area contributed by atoms with Crippen molar-refractivity contribution in [3.05, 3.63) is 94.8 Å². The first-order chi connectivity index (χ1) is 16.0. The van der Waals surface area contributed by atoms with Crippen LogP contribution in [0.1, 0.15) is 39.3 Å². The van der Waals surface area contributed by atoms with Gasteiger partial charge >= 0.3 is 0 Å². The summed E-state index contributed by atoms with van der Waals surface area (Å²) in [6.07, 6.45) is 1.60. The fraction of sp³-hybridized carbons (Fsp3) is 0.286. The fourth-order valence-corrected chi connectivity index (χ4v) is 4.06. The Labute approximate surface area is 195 Å². The largest absolute Gasteiger partial charge is 0.491 e. The zero-order chi connectivity index (χ0) is 23.2. The predicted molar refractivity (Wildman–Crippen MR) is 133 cm³/mol. The maximum Gasteiger partial charge on any atom is 0.251 e. The molecule has 0 radical (unpaired) electrons. The lowest BCUT2D eigenvalue weighted by molar-refractivity contribution is 0.0952. The van der Waals surface area contributed by atoms with E-state index >= 15 is 0 Å². The van der Waals surface area contributed by atoms with Gasteiger partial charge in [0.25, 0.3) is 5.91 Å². The quantitative estimate of drug-likeness (QED) is 0.354. The van der Waals surface area contributed by atoms with Crippen molar-refractivity contribution < 1.29 is 9.53 Å². The molecular weight excluding hydrogens is 410 g/mol. The molecule has 0 saturated carbocycles. The topological polar surface area (TPSA) is 56.2 Å². The molecule has 0 spiro atoms. The number of para-hydroxylation sites is 2. The lowest BCUT2D eigenvalue weighted by Crippen LogP contribution is -2.25. The van der Waals surface area contributed by atoms with Gasteiger partial charge in [-0.1, -0.05) is 42.5 Å². The summed E-state index contributed by atoms with van der Waals surface area (Å²) in [5.41, 5.74) is 6.23. The molecule has 1 N–H and O–H groups in total. The minimum Gasteiger partial charge on any atom is -0.491 e. The second-order valence-electron chi connectivity index (χ2n) is 8.39. The van der Waals surface area contributed by atoms with Crippen molar-refractivity contribution in [2.75, 3.05) is 13.2 Å². The summed E-state index contributed by atoms with van der Waals surface area (Å²) in [4.78, 5) is 17.3. The molecule has 0 aliphatic heterocycles. The van der Waals surface area contributed by atoms with E-state index in [1.165, 1.54) is 11.1 Å². The van der Waals surface area contributed by atoms with Crippen LogP contribution in [0.25, 0.3) is 11.0 Å². The number of carbonyl (C=O) groups is 1. The summed E-state index contributed by atoms with van der Waals surface area (Å²) in [5.74, 6) is 1.93. The summed E-state index contributed by atoms with van der Waals surface area (Å²) >= 11 is 0. The number of benzene rings is 3. The number of nitrogens with one attached hydrogen (secondary N) is 1. The Bertz CT molecular complexity index is 1260. The third kappa shape index (κ3) is 5.25. The molecule has 3 aromatic carbocycles. The Hall–Kier alpha value is -3.60. The van der Waals surface area contributed by atoms with E-state index in [9.17, 15) is 4.79 Å². The Morgan fingerprint density at radius 2 is 1.70 bits per heavy atom. The van der Waals surface area contributed by atoms with Gasteiger partial charge in [-0.2, -0.15) is 0 Å². The molecule has 1 aromatic heterocycles. The smallest absolute Gasteiger partial charge is 0.251 e. The SMILES string of the molecule is Cc1ccccc1C(=O)NCCCc1nc2ccccc2n1CCOc1cccc(C)c1C. The zero-order valence-corrected chi connectivity index (χ0v) is 19.6. The molecule has 1 amide bonds. The number of nitrogens with zero attached hydrogens (tertiary/aromatic N) is 2. The van der Waals surface area contributed by atoms with Gasteiger partial charge in [-0.25, -0.2) is 4.98 Å². The van der Waals surface area contributed by atoms with Crippen LogP contribution in [0.3, 0.4) is 0 Å². The van der Waals surface area contributed by atoms with Crippen LogP contribution in [0, 0.1) is 20.8 Å². The predicted octanol–water partition coefficient (Wildman–Crippen LogP) is 5.40. The van der Waals surface area contributed by atoms with E-state index in [4.69, 9.17) is 9.72 Å². The Balaban J connectivity index is 1.39. The summed E-state index contributed by atoms with van der Waals surface area (Å²) in [6.45, 7) is 8.04. The molecule has 0 unspecified atom stereocenters. The first-order valence-corrected chi connectivity index (χ1v) is 11.5. The monoisotopic (exact) mass is 441 g/mol.